The first-order chi connectivity index (χ1) is 8.34. The zero-order valence-corrected chi connectivity index (χ0v) is 10.7. The fraction of sp³-hybridized carbons (Fsp3) is 0.600. The Morgan fingerprint density at radius 2 is 2.12 bits per heavy atom. The van der Waals surface area contributed by atoms with E-state index in [2.05, 4.69) is 41.4 Å². The molecule has 1 saturated carbocycles. The van der Waals surface area contributed by atoms with Crippen molar-refractivity contribution in [3.05, 3.63) is 29.8 Å². The second kappa shape index (κ2) is 4.69. The van der Waals surface area contributed by atoms with Gasteiger partial charge in [-0.1, -0.05) is 25.0 Å². The van der Waals surface area contributed by atoms with Crippen molar-refractivity contribution in [1.82, 2.24) is 5.32 Å². The number of nitrogens with one attached hydrogen (secondary N) is 1. The highest BCUT2D eigenvalue weighted by atomic mass is 15.2. The molecule has 2 fully saturated rings. The Morgan fingerprint density at radius 3 is 3.00 bits per heavy atom. The van der Waals surface area contributed by atoms with Crippen LogP contribution in [-0.4, -0.2) is 25.2 Å². The van der Waals surface area contributed by atoms with E-state index in [1.807, 2.05) is 0 Å². The molecule has 92 valence electrons. The van der Waals surface area contributed by atoms with Crippen molar-refractivity contribution in [2.45, 2.75) is 44.7 Å². The number of hydrogen-bond donors (Lipinski definition) is 1. The van der Waals surface area contributed by atoms with Crippen molar-refractivity contribution in [2.75, 3.05) is 18.0 Å². The van der Waals surface area contributed by atoms with Crippen LogP contribution in [0.15, 0.2) is 24.3 Å². The zero-order valence-electron chi connectivity index (χ0n) is 10.7. The largest absolute Gasteiger partial charge is 0.366 e. The van der Waals surface area contributed by atoms with Gasteiger partial charge in [0.05, 0.1) is 0 Å². The summed E-state index contributed by atoms with van der Waals surface area (Å²) >= 11 is 0. The molecule has 1 saturated heterocycles. The van der Waals surface area contributed by atoms with E-state index in [1.165, 1.54) is 36.9 Å². The number of fused-ring (bicyclic) bond motifs is 1. The Labute approximate surface area is 104 Å². The highest BCUT2D eigenvalue weighted by molar-refractivity contribution is 5.50. The van der Waals surface area contributed by atoms with Crippen LogP contribution in [-0.2, 0) is 0 Å². The first-order valence-corrected chi connectivity index (χ1v) is 6.91. The van der Waals surface area contributed by atoms with Crippen molar-refractivity contribution in [3.63, 3.8) is 0 Å². The van der Waals surface area contributed by atoms with Crippen molar-refractivity contribution in [1.29, 1.82) is 0 Å². The molecule has 2 aliphatic rings. The minimum absolute atomic E-state index is 0.720. The van der Waals surface area contributed by atoms with Crippen molar-refractivity contribution in [2.24, 2.45) is 0 Å². The van der Waals surface area contributed by atoms with Gasteiger partial charge in [-0.25, -0.2) is 0 Å². The molecule has 0 amide bonds. The van der Waals surface area contributed by atoms with Crippen molar-refractivity contribution in [3.8, 4) is 0 Å². The molecule has 2 nitrogen and oxygen atoms in total. The molecule has 1 aliphatic heterocycles. The lowest BCUT2D eigenvalue weighted by Gasteiger charge is -2.46. The molecular weight excluding hydrogens is 208 g/mol. The molecule has 1 aromatic carbocycles. The lowest BCUT2D eigenvalue weighted by molar-refractivity contribution is 0.284. The third kappa shape index (κ3) is 2.19. The minimum atomic E-state index is 0.720. The van der Waals surface area contributed by atoms with Crippen LogP contribution >= 0.6 is 0 Å². The van der Waals surface area contributed by atoms with E-state index in [1.54, 1.807) is 0 Å². The molecule has 0 spiro atoms. The molecule has 0 radical (unpaired) electrons. The predicted molar refractivity (Wildman–Crippen MR) is 72.6 cm³/mol. The van der Waals surface area contributed by atoms with Crippen LogP contribution in [0.1, 0.15) is 31.2 Å². The molecule has 2 heteroatoms. The molecule has 2 atom stereocenters. The highest BCUT2D eigenvalue weighted by Gasteiger charge is 2.32. The SMILES string of the molecule is Cc1cccc(N2CCN[C@@H]3CCCC[C@H]32)c1. The standard InChI is InChI=1S/C15H22N2/c1-12-5-4-6-13(11-12)17-10-9-16-14-7-2-3-8-15(14)17/h4-6,11,14-16H,2-3,7-10H2,1H3/t14-,15-/m1/s1. The Morgan fingerprint density at radius 1 is 1.24 bits per heavy atom. The summed E-state index contributed by atoms with van der Waals surface area (Å²) in [5.41, 5.74) is 2.79. The van der Waals surface area contributed by atoms with E-state index in [0.29, 0.717) is 0 Å². The Balaban J connectivity index is 1.85. The number of rotatable bonds is 1. The Bertz CT molecular complexity index is 386. The molecule has 0 bridgehead atoms. The van der Waals surface area contributed by atoms with Gasteiger partial charge in [-0.3, -0.25) is 0 Å². The van der Waals surface area contributed by atoms with Crippen LogP contribution in [0.4, 0.5) is 5.69 Å². The normalized spacial score (nSPS) is 28.9. The van der Waals surface area contributed by atoms with Gasteiger partial charge in [0, 0.05) is 30.9 Å². The molecule has 1 heterocycles. The van der Waals surface area contributed by atoms with E-state index >= 15 is 0 Å². The van der Waals surface area contributed by atoms with Gasteiger partial charge >= 0.3 is 0 Å². The average molecular weight is 230 g/mol. The number of anilines is 1. The van der Waals surface area contributed by atoms with E-state index < -0.39 is 0 Å². The zero-order chi connectivity index (χ0) is 11.7. The van der Waals surface area contributed by atoms with Crippen LogP contribution in [0.25, 0.3) is 0 Å². The molecule has 1 N–H and O–H groups in total. The van der Waals surface area contributed by atoms with Gasteiger partial charge < -0.3 is 10.2 Å². The van der Waals surface area contributed by atoms with Gasteiger partial charge in [0.25, 0.3) is 0 Å². The first-order valence-electron chi connectivity index (χ1n) is 6.91. The van der Waals surface area contributed by atoms with E-state index in [4.69, 9.17) is 0 Å². The van der Waals surface area contributed by atoms with Gasteiger partial charge in [-0.15, -0.1) is 0 Å². The number of nitrogens with zero attached hydrogens (tertiary/aromatic N) is 1. The minimum Gasteiger partial charge on any atom is -0.366 e. The van der Waals surface area contributed by atoms with Gasteiger partial charge in [0.2, 0.25) is 0 Å². The third-order valence-electron chi connectivity index (χ3n) is 4.22. The van der Waals surface area contributed by atoms with E-state index in [-0.39, 0.29) is 0 Å². The maximum absolute atomic E-state index is 3.69. The van der Waals surface area contributed by atoms with Gasteiger partial charge in [0.1, 0.15) is 0 Å². The second-order valence-corrected chi connectivity index (χ2v) is 5.44. The monoisotopic (exact) mass is 230 g/mol. The van der Waals surface area contributed by atoms with Crippen LogP contribution in [0.3, 0.4) is 0 Å². The lowest BCUT2D eigenvalue weighted by Crippen LogP contribution is -2.59. The average Bonchev–Trinajstić information content (AvgIpc) is 2.38. The van der Waals surface area contributed by atoms with E-state index in [0.717, 1.165) is 25.2 Å². The van der Waals surface area contributed by atoms with Crippen molar-refractivity contribution < 1.29 is 0 Å². The molecule has 1 aliphatic carbocycles. The number of aryl methyl sites for hydroxylation is 1. The Kier molecular flexibility index (Phi) is 3.06. The summed E-state index contributed by atoms with van der Waals surface area (Å²) in [7, 11) is 0. The fourth-order valence-electron chi connectivity index (χ4n) is 3.39. The molecule has 3 rings (SSSR count). The maximum Gasteiger partial charge on any atom is 0.0443 e. The molecule has 0 aromatic heterocycles. The van der Waals surface area contributed by atoms with Gasteiger partial charge in [0.15, 0.2) is 0 Å². The lowest BCUT2D eigenvalue weighted by atomic mass is 9.87. The molecular formula is C15H22N2. The van der Waals surface area contributed by atoms with Crippen LogP contribution < -0.4 is 10.2 Å². The highest BCUT2D eigenvalue weighted by Crippen LogP contribution is 2.29. The van der Waals surface area contributed by atoms with Gasteiger partial charge in [-0.05, 0) is 37.5 Å². The summed E-state index contributed by atoms with van der Waals surface area (Å²) in [4.78, 5) is 2.63. The fourth-order valence-corrected chi connectivity index (χ4v) is 3.39. The summed E-state index contributed by atoms with van der Waals surface area (Å²) in [6.45, 7) is 4.48. The van der Waals surface area contributed by atoms with Crippen LogP contribution in [0.5, 0.6) is 0 Å². The van der Waals surface area contributed by atoms with Crippen LogP contribution in [0.2, 0.25) is 0 Å². The predicted octanol–water partition coefficient (Wildman–Crippen LogP) is 2.72. The Hall–Kier alpha value is -1.02. The number of hydrogen-bond acceptors (Lipinski definition) is 2. The quantitative estimate of drug-likeness (QED) is 0.798. The maximum atomic E-state index is 3.69. The van der Waals surface area contributed by atoms with Gasteiger partial charge in [-0.2, -0.15) is 0 Å². The van der Waals surface area contributed by atoms with E-state index in [9.17, 15) is 0 Å². The third-order valence-corrected chi connectivity index (χ3v) is 4.22. The number of benzene rings is 1. The summed E-state index contributed by atoms with van der Waals surface area (Å²) in [5.74, 6) is 0. The summed E-state index contributed by atoms with van der Waals surface area (Å²) in [5, 5.41) is 3.69. The molecule has 1 aromatic rings. The smallest absolute Gasteiger partial charge is 0.0443 e. The number of piperazine rings is 1. The second-order valence-electron chi connectivity index (χ2n) is 5.44. The van der Waals surface area contributed by atoms with Crippen LogP contribution in [0, 0.1) is 6.92 Å². The summed E-state index contributed by atoms with van der Waals surface area (Å²) < 4.78 is 0. The first kappa shape index (κ1) is 11.1. The summed E-state index contributed by atoms with van der Waals surface area (Å²) in [6, 6.07) is 10.4. The molecule has 0 unspecified atom stereocenters. The summed E-state index contributed by atoms with van der Waals surface area (Å²) in [6.07, 6.45) is 5.50. The molecule has 17 heavy (non-hydrogen) atoms. The van der Waals surface area contributed by atoms with Crippen molar-refractivity contribution >= 4 is 5.69 Å². The topological polar surface area (TPSA) is 15.3 Å².